The van der Waals surface area contributed by atoms with Crippen LogP contribution in [-0.4, -0.2) is 21.3 Å². The van der Waals surface area contributed by atoms with E-state index >= 15 is 0 Å². The fraction of sp³-hybridized carbons (Fsp3) is 0.500. The largest absolute Gasteiger partial charge is 0.321 e. The standard InChI is InChI=1S/C12H15ClN4S/c1-17-7-15-16-12(17)4-5-14-9-2-3-10-8(9)6-11(13)18-10/h6-7,9,14H,2-5H2,1H3. The van der Waals surface area contributed by atoms with Gasteiger partial charge in [0.15, 0.2) is 0 Å². The Bertz CT molecular complexity index is 548. The van der Waals surface area contributed by atoms with Crippen molar-refractivity contribution >= 4 is 22.9 Å². The minimum absolute atomic E-state index is 0.456. The first-order valence-corrected chi connectivity index (χ1v) is 7.28. The molecule has 1 atom stereocenters. The molecule has 2 aromatic heterocycles. The van der Waals surface area contributed by atoms with Gasteiger partial charge in [-0.15, -0.1) is 21.5 Å². The van der Waals surface area contributed by atoms with Crippen LogP contribution in [0.5, 0.6) is 0 Å². The molecule has 2 aromatic rings. The highest BCUT2D eigenvalue weighted by atomic mass is 35.5. The summed E-state index contributed by atoms with van der Waals surface area (Å²) in [6.45, 7) is 0.921. The number of fused-ring (bicyclic) bond motifs is 1. The van der Waals surface area contributed by atoms with Gasteiger partial charge in [0.1, 0.15) is 12.2 Å². The summed E-state index contributed by atoms with van der Waals surface area (Å²) >= 11 is 7.76. The van der Waals surface area contributed by atoms with Gasteiger partial charge in [0, 0.05) is 30.9 Å². The van der Waals surface area contributed by atoms with E-state index in [0.717, 1.165) is 29.5 Å². The molecule has 0 aromatic carbocycles. The van der Waals surface area contributed by atoms with Crippen molar-refractivity contribution in [3.8, 4) is 0 Å². The van der Waals surface area contributed by atoms with Crippen LogP contribution in [0.2, 0.25) is 4.34 Å². The van der Waals surface area contributed by atoms with Crippen molar-refractivity contribution in [3.05, 3.63) is 33.0 Å². The number of nitrogens with one attached hydrogen (secondary N) is 1. The Morgan fingerprint density at radius 3 is 3.28 bits per heavy atom. The van der Waals surface area contributed by atoms with Gasteiger partial charge in [0.2, 0.25) is 0 Å². The van der Waals surface area contributed by atoms with Crippen LogP contribution in [0.3, 0.4) is 0 Å². The monoisotopic (exact) mass is 282 g/mol. The molecule has 0 saturated heterocycles. The maximum absolute atomic E-state index is 6.05. The number of halogens is 1. The smallest absolute Gasteiger partial charge is 0.133 e. The van der Waals surface area contributed by atoms with Gasteiger partial charge in [-0.05, 0) is 24.5 Å². The van der Waals surface area contributed by atoms with Crippen LogP contribution in [0, 0.1) is 0 Å². The van der Waals surface area contributed by atoms with Gasteiger partial charge in [0.25, 0.3) is 0 Å². The van der Waals surface area contributed by atoms with Crippen molar-refractivity contribution in [1.82, 2.24) is 20.1 Å². The molecule has 4 nitrogen and oxygen atoms in total. The third-order valence-corrected chi connectivity index (χ3v) is 4.73. The summed E-state index contributed by atoms with van der Waals surface area (Å²) in [4.78, 5) is 1.44. The molecule has 1 aliphatic rings. The van der Waals surface area contributed by atoms with Crippen LogP contribution in [0.4, 0.5) is 0 Å². The Hall–Kier alpha value is -0.910. The van der Waals surface area contributed by atoms with E-state index in [0.29, 0.717) is 6.04 Å². The molecule has 0 spiro atoms. The van der Waals surface area contributed by atoms with Crippen molar-refractivity contribution in [2.45, 2.75) is 25.3 Å². The lowest BCUT2D eigenvalue weighted by molar-refractivity contribution is 0.525. The Morgan fingerprint density at radius 2 is 2.50 bits per heavy atom. The molecule has 0 saturated carbocycles. The highest BCUT2D eigenvalue weighted by Crippen LogP contribution is 2.39. The third-order valence-electron chi connectivity index (χ3n) is 3.39. The molecule has 3 rings (SSSR count). The van der Waals surface area contributed by atoms with Crippen molar-refractivity contribution in [2.75, 3.05) is 6.54 Å². The van der Waals surface area contributed by atoms with Crippen LogP contribution >= 0.6 is 22.9 Å². The summed E-state index contributed by atoms with van der Waals surface area (Å²) in [6, 6.07) is 2.56. The number of nitrogens with zero attached hydrogens (tertiary/aromatic N) is 3. The molecule has 0 fully saturated rings. The highest BCUT2D eigenvalue weighted by molar-refractivity contribution is 7.16. The molecule has 96 valence electrons. The summed E-state index contributed by atoms with van der Waals surface area (Å²) in [5.41, 5.74) is 1.39. The molecular formula is C12H15ClN4S. The predicted octanol–water partition coefficient (Wildman–Crippen LogP) is 2.35. The van der Waals surface area contributed by atoms with Gasteiger partial charge >= 0.3 is 0 Å². The molecule has 2 heterocycles. The first kappa shape index (κ1) is 12.1. The highest BCUT2D eigenvalue weighted by Gasteiger charge is 2.24. The van der Waals surface area contributed by atoms with E-state index in [4.69, 9.17) is 11.6 Å². The maximum atomic E-state index is 6.05. The first-order chi connectivity index (χ1) is 8.74. The van der Waals surface area contributed by atoms with Crippen molar-refractivity contribution in [3.63, 3.8) is 0 Å². The van der Waals surface area contributed by atoms with E-state index < -0.39 is 0 Å². The number of aromatic nitrogens is 3. The lowest BCUT2D eigenvalue weighted by atomic mass is 10.2. The Balaban J connectivity index is 1.57. The van der Waals surface area contributed by atoms with Gasteiger partial charge in [0.05, 0.1) is 4.34 Å². The van der Waals surface area contributed by atoms with Crippen molar-refractivity contribution in [2.24, 2.45) is 7.05 Å². The lowest BCUT2D eigenvalue weighted by Gasteiger charge is -2.12. The van der Waals surface area contributed by atoms with Crippen molar-refractivity contribution in [1.29, 1.82) is 0 Å². The average Bonchev–Trinajstić information content (AvgIpc) is 2.98. The van der Waals surface area contributed by atoms with E-state index in [2.05, 4.69) is 21.6 Å². The summed E-state index contributed by atoms with van der Waals surface area (Å²) in [7, 11) is 1.97. The van der Waals surface area contributed by atoms with E-state index in [1.807, 2.05) is 11.6 Å². The van der Waals surface area contributed by atoms with Gasteiger partial charge in [-0.1, -0.05) is 11.6 Å². The summed E-state index contributed by atoms with van der Waals surface area (Å²) < 4.78 is 2.86. The van der Waals surface area contributed by atoms with Gasteiger partial charge in [-0.2, -0.15) is 0 Å². The number of thiophene rings is 1. The maximum Gasteiger partial charge on any atom is 0.133 e. The summed E-state index contributed by atoms with van der Waals surface area (Å²) in [5, 5.41) is 11.5. The molecule has 0 aliphatic heterocycles. The van der Waals surface area contributed by atoms with Crippen LogP contribution in [0.15, 0.2) is 12.4 Å². The zero-order valence-electron chi connectivity index (χ0n) is 10.2. The second-order valence-electron chi connectivity index (χ2n) is 4.58. The molecule has 0 bridgehead atoms. The number of hydrogen-bond donors (Lipinski definition) is 1. The quantitative estimate of drug-likeness (QED) is 0.936. The van der Waals surface area contributed by atoms with Crippen LogP contribution in [0.25, 0.3) is 0 Å². The molecule has 1 unspecified atom stereocenters. The number of hydrogen-bond acceptors (Lipinski definition) is 4. The minimum Gasteiger partial charge on any atom is -0.321 e. The predicted molar refractivity (Wildman–Crippen MR) is 73.1 cm³/mol. The van der Waals surface area contributed by atoms with Gasteiger partial charge in [-0.3, -0.25) is 0 Å². The minimum atomic E-state index is 0.456. The molecule has 1 N–H and O–H groups in total. The number of aryl methyl sites for hydroxylation is 2. The Morgan fingerprint density at radius 1 is 1.61 bits per heavy atom. The fourth-order valence-electron chi connectivity index (χ4n) is 2.43. The zero-order chi connectivity index (χ0) is 12.5. The SMILES string of the molecule is Cn1cnnc1CCNC1CCc2sc(Cl)cc21. The molecule has 0 radical (unpaired) electrons. The molecular weight excluding hydrogens is 268 g/mol. The van der Waals surface area contributed by atoms with Crippen LogP contribution in [-0.2, 0) is 19.9 Å². The first-order valence-electron chi connectivity index (χ1n) is 6.08. The fourth-order valence-corrected chi connectivity index (χ4v) is 3.79. The average molecular weight is 283 g/mol. The van der Waals surface area contributed by atoms with Gasteiger partial charge in [-0.25, -0.2) is 0 Å². The van der Waals surface area contributed by atoms with E-state index in [-0.39, 0.29) is 0 Å². The van der Waals surface area contributed by atoms with Crippen LogP contribution in [0.1, 0.15) is 28.7 Å². The topological polar surface area (TPSA) is 42.7 Å². The van der Waals surface area contributed by atoms with Crippen LogP contribution < -0.4 is 5.32 Å². The van der Waals surface area contributed by atoms with E-state index in [9.17, 15) is 0 Å². The molecule has 0 amide bonds. The molecule has 18 heavy (non-hydrogen) atoms. The molecule has 1 aliphatic carbocycles. The summed E-state index contributed by atoms with van der Waals surface area (Å²) in [6.07, 6.45) is 4.97. The zero-order valence-corrected chi connectivity index (χ0v) is 11.8. The lowest BCUT2D eigenvalue weighted by Crippen LogP contribution is -2.22. The normalized spacial score (nSPS) is 18.2. The summed E-state index contributed by atoms with van der Waals surface area (Å²) in [5.74, 6) is 1.02. The van der Waals surface area contributed by atoms with E-state index in [1.165, 1.54) is 16.9 Å². The van der Waals surface area contributed by atoms with E-state index in [1.54, 1.807) is 17.7 Å². The van der Waals surface area contributed by atoms with Crippen molar-refractivity contribution < 1.29 is 0 Å². The molecule has 6 heteroatoms. The third kappa shape index (κ3) is 2.30. The second kappa shape index (κ2) is 4.99. The Labute approximate surface area is 115 Å². The number of rotatable bonds is 4. The second-order valence-corrected chi connectivity index (χ2v) is 6.35. The Kier molecular flexibility index (Phi) is 3.37. The van der Waals surface area contributed by atoms with Gasteiger partial charge < -0.3 is 9.88 Å².